The number of hydrogen-bond donors (Lipinski definition) is 1. The van der Waals surface area contributed by atoms with Gasteiger partial charge >= 0.3 is 0 Å². The summed E-state index contributed by atoms with van der Waals surface area (Å²) >= 11 is 0. The summed E-state index contributed by atoms with van der Waals surface area (Å²) in [5.41, 5.74) is 7.48. The van der Waals surface area contributed by atoms with E-state index in [1.807, 2.05) is 17.9 Å². The van der Waals surface area contributed by atoms with Gasteiger partial charge in [-0.05, 0) is 31.4 Å². The Morgan fingerprint density at radius 1 is 1.33 bits per heavy atom. The SMILES string of the molecule is CCN(CCc1cnn(C)c1)C(CC)(CC)CN. The zero-order valence-corrected chi connectivity index (χ0v) is 12.3. The number of rotatable bonds is 8. The van der Waals surface area contributed by atoms with Crippen molar-refractivity contribution in [3.63, 3.8) is 0 Å². The third-order valence-corrected chi connectivity index (χ3v) is 4.18. The summed E-state index contributed by atoms with van der Waals surface area (Å²) in [7, 11) is 1.96. The highest BCUT2D eigenvalue weighted by Gasteiger charge is 2.30. The highest BCUT2D eigenvalue weighted by atomic mass is 15.2. The van der Waals surface area contributed by atoms with Gasteiger partial charge in [-0.15, -0.1) is 0 Å². The van der Waals surface area contributed by atoms with Crippen LogP contribution in [0.2, 0.25) is 0 Å². The summed E-state index contributed by atoms with van der Waals surface area (Å²) in [6.07, 6.45) is 7.32. The quantitative estimate of drug-likeness (QED) is 0.767. The number of aryl methyl sites for hydroxylation is 1. The van der Waals surface area contributed by atoms with E-state index in [-0.39, 0.29) is 5.54 Å². The molecule has 0 bridgehead atoms. The molecule has 0 unspecified atom stereocenters. The molecule has 0 amide bonds. The molecule has 2 N–H and O–H groups in total. The minimum Gasteiger partial charge on any atom is -0.329 e. The Morgan fingerprint density at radius 3 is 2.39 bits per heavy atom. The van der Waals surface area contributed by atoms with Crippen molar-refractivity contribution in [2.24, 2.45) is 12.8 Å². The Labute approximate surface area is 111 Å². The first-order valence-corrected chi connectivity index (χ1v) is 7.04. The molecular formula is C14H28N4. The summed E-state index contributed by atoms with van der Waals surface area (Å²) in [6, 6.07) is 0. The maximum atomic E-state index is 6.02. The van der Waals surface area contributed by atoms with E-state index in [9.17, 15) is 0 Å². The van der Waals surface area contributed by atoms with Crippen molar-refractivity contribution in [1.29, 1.82) is 0 Å². The minimum atomic E-state index is 0.164. The summed E-state index contributed by atoms with van der Waals surface area (Å²) < 4.78 is 1.86. The van der Waals surface area contributed by atoms with E-state index in [1.165, 1.54) is 5.56 Å². The largest absolute Gasteiger partial charge is 0.329 e. The van der Waals surface area contributed by atoms with Gasteiger partial charge in [0.1, 0.15) is 0 Å². The Balaban J connectivity index is 2.65. The molecule has 0 atom stereocenters. The van der Waals surface area contributed by atoms with Crippen molar-refractivity contribution in [2.45, 2.75) is 45.6 Å². The van der Waals surface area contributed by atoms with Crippen LogP contribution < -0.4 is 5.73 Å². The number of hydrogen-bond acceptors (Lipinski definition) is 3. The first-order chi connectivity index (χ1) is 8.61. The Bertz CT molecular complexity index is 333. The monoisotopic (exact) mass is 252 g/mol. The molecule has 0 saturated heterocycles. The number of nitrogens with zero attached hydrogens (tertiary/aromatic N) is 3. The summed E-state index contributed by atoms with van der Waals surface area (Å²) in [5.74, 6) is 0. The van der Waals surface area contributed by atoms with Gasteiger partial charge < -0.3 is 5.73 Å². The van der Waals surface area contributed by atoms with Crippen molar-refractivity contribution in [1.82, 2.24) is 14.7 Å². The lowest BCUT2D eigenvalue weighted by molar-refractivity contribution is 0.0921. The van der Waals surface area contributed by atoms with Crippen molar-refractivity contribution in [3.05, 3.63) is 18.0 Å². The van der Waals surface area contributed by atoms with Gasteiger partial charge in [-0.25, -0.2) is 0 Å². The molecule has 0 fully saturated rings. The molecule has 0 aliphatic carbocycles. The van der Waals surface area contributed by atoms with Gasteiger partial charge in [-0.1, -0.05) is 20.8 Å². The lowest BCUT2D eigenvalue weighted by Gasteiger charge is -2.42. The average Bonchev–Trinajstić information content (AvgIpc) is 2.81. The number of aromatic nitrogens is 2. The zero-order valence-electron chi connectivity index (χ0n) is 12.3. The van der Waals surface area contributed by atoms with E-state index >= 15 is 0 Å². The Hall–Kier alpha value is -0.870. The van der Waals surface area contributed by atoms with E-state index in [0.29, 0.717) is 0 Å². The van der Waals surface area contributed by atoms with Crippen LogP contribution in [0, 0.1) is 0 Å². The van der Waals surface area contributed by atoms with Gasteiger partial charge in [0.15, 0.2) is 0 Å². The third kappa shape index (κ3) is 3.33. The molecule has 4 nitrogen and oxygen atoms in total. The molecule has 1 aromatic rings. The fourth-order valence-electron chi connectivity index (χ4n) is 2.71. The van der Waals surface area contributed by atoms with Crippen LogP contribution >= 0.6 is 0 Å². The average molecular weight is 252 g/mol. The van der Waals surface area contributed by atoms with Gasteiger partial charge in [0, 0.05) is 31.9 Å². The highest BCUT2D eigenvalue weighted by Crippen LogP contribution is 2.23. The summed E-state index contributed by atoms with van der Waals surface area (Å²) in [5, 5.41) is 4.22. The molecule has 18 heavy (non-hydrogen) atoms. The maximum Gasteiger partial charge on any atom is 0.0522 e. The standard InChI is InChI=1S/C14H28N4/c1-5-14(6-2,12-15)18(7-3)9-8-13-10-16-17(4)11-13/h10-11H,5-9,12,15H2,1-4H3. The molecule has 1 heterocycles. The van der Waals surface area contributed by atoms with Gasteiger partial charge in [0.2, 0.25) is 0 Å². The molecule has 1 rings (SSSR count). The van der Waals surface area contributed by atoms with Crippen molar-refractivity contribution in [2.75, 3.05) is 19.6 Å². The predicted octanol–water partition coefficient (Wildman–Crippen LogP) is 1.80. The third-order valence-electron chi connectivity index (χ3n) is 4.18. The lowest BCUT2D eigenvalue weighted by Crippen LogP contribution is -2.53. The van der Waals surface area contributed by atoms with Gasteiger partial charge in [0.25, 0.3) is 0 Å². The van der Waals surface area contributed by atoms with Crippen LogP contribution in [0.1, 0.15) is 39.2 Å². The van der Waals surface area contributed by atoms with E-state index in [1.54, 1.807) is 0 Å². The second kappa shape index (κ2) is 6.90. The molecule has 0 aliphatic heterocycles. The molecule has 0 spiro atoms. The molecule has 1 aromatic heterocycles. The predicted molar refractivity (Wildman–Crippen MR) is 76.5 cm³/mol. The van der Waals surface area contributed by atoms with Crippen LogP contribution in [-0.4, -0.2) is 39.9 Å². The van der Waals surface area contributed by atoms with Gasteiger partial charge in [-0.2, -0.15) is 5.10 Å². The van der Waals surface area contributed by atoms with Crippen LogP contribution in [0.4, 0.5) is 0 Å². The van der Waals surface area contributed by atoms with Crippen LogP contribution in [0.3, 0.4) is 0 Å². The van der Waals surface area contributed by atoms with Crippen LogP contribution in [0.5, 0.6) is 0 Å². The van der Waals surface area contributed by atoms with Crippen molar-refractivity contribution >= 4 is 0 Å². The zero-order chi connectivity index (χ0) is 13.6. The van der Waals surface area contributed by atoms with E-state index in [4.69, 9.17) is 5.73 Å². The van der Waals surface area contributed by atoms with Crippen molar-refractivity contribution < 1.29 is 0 Å². The fraction of sp³-hybridized carbons (Fsp3) is 0.786. The molecule has 0 aliphatic rings. The number of nitrogens with two attached hydrogens (primary N) is 1. The Morgan fingerprint density at radius 2 is 2.00 bits per heavy atom. The minimum absolute atomic E-state index is 0.164. The normalized spacial score (nSPS) is 12.3. The molecule has 4 heteroatoms. The van der Waals surface area contributed by atoms with Crippen LogP contribution in [0.15, 0.2) is 12.4 Å². The summed E-state index contributed by atoms with van der Waals surface area (Å²) in [4.78, 5) is 2.53. The number of likely N-dealkylation sites (N-methyl/N-ethyl adjacent to an activating group) is 1. The Kier molecular flexibility index (Phi) is 5.82. The first-order valence-electron chi connectivity index (χ1n) is 7.04. The van der Waals surface area contributed by atoms with Crippen LogP contribution in [0.25, 0.3) is 0 Å². The van der Waals surface area contributed by atoms with Gasteiger partial charge in [0.05, 0.1) is 6.20 Å². The second-order valence-electron chi connectivity index (χ2n) is 4.99. The van der Waals surface area contributed by atoms with E-state index in [0.717, 1.165) is 38.9 Å². The lowest BCUT2D eigenvalue weighted by atomic mass is 9.90. The molecular weight excluding hydrogens is 224 g/mol. The van der Waals surface area contributed by atoms with Crippen molar-refractivity contribution in [3.8, 4) is 0 Å². The molecule has 104 valence electrons. The molecule has 0 radical (unpaired) electrons. The molecule has 0 aromatic carbocycles. The summed E-state index contributed by atoms with van der Waals surface area (Å²) in [6.45, 7) is 9.55. The molecule has 0 saturated carbocycles. The maximum absolute atomic E-state index is 6.02. The topological polar surface area (TPSA) is 47.1 Å². The van der Waals surface area contributed by atoms with E-state index in [2.05, 4.69) is 37.0 Å². The van der Waals surface area contributed by atoms with Crippen LogP contribution in [-0.2, 0) is 13.5 Å². The smallest absolute Gasteiger partial charge is 0.0522 e. The first kappa shape index (κ1) is 15.2. The van der Waals surface area contributed by atoms with Gasteiger partial charge in [-0.3, -0.25) is 9.58 Å². The van der Waals surface area contributed by atoms with E-state index < -0.39 is 0 Å². The highest BCUT2D eigenvalue weighted by molar-refractivity contribution is 5.04. The second-order valence-corrected chi connectivity index (χ2v) is 4.99. The fourth-order valence-corrected chi connectivity index (χ4v) is 2.71.